The van der Waals surface area contributed by atoms with Gasteiger partial charge in [-0.15, -0.1) is 12.4 Å². The number of benzene rings is 2. The highest BCUT2D eigenvalue weighted by Gasteiger charge is 2.21. The first-order valence-corrected chi connectivity index (χ1v) is 9.86. The molecule has 0 aromatic heterocycles. The van der Waals surface area contributed by atoms with Gasteiger partial charge in [-0.1, -0.05) is 37.1 Å². The Morgan fingerprint density at radius 2 is 1.57 bits per heavy atom. The van der Waals surface area contributed by atoms with Gasteiger partial charge in [-0.2, -0.15) is 0 Å². The van der Waals surface area contributed by atoms with Crippen LogP contribution in [0.15, 0.2) is 36.4 Å². The molecular formula is C23H30ClF2NO. The topological polar surface area (TPSA) is 21.3 Å². The molecule has 2 aromatic rings. The first-order chi connectivity index (χ1) is 13.1. The first-order valence-electron chi connectivity index (χ1n) is 9.86. The van der Waals surface area contributed by atoms with Crippen molar-refractivity contribution in [3.8, 4) is 0 Å². The van der Waals surface area contributed by atoms with E-state index in [0.717, 1.165) is 6.54 Å². The van der Waals surface area contributed by atoms with Crippen LogP contribution in [0, 0.1) is 25.5 Å². The van der Waals surface area contributed by atoms with E-state index in [2.05, 4.69) is 37.4 Å². The molecule has 1 N–H and O–H groups in total. The van der Waals surface area contributed by atoms with Gasteiger partial charge in [-0.25, -0.2) is 8.78 Å². The molecule has 0 aliphatic heterocycles. The molecular weight excluding hydrogens is 380 g/mol. The van der Waals surface area contributed by atoms with E-state index in [9.17, 15) is 8.78 Å². The molecule has 1 unspecified atom stereocenters. The monoisotopic (exact) mass is 409 g/mol. The summed E-state index contributed by atoms with van der Waals surface area (Å²) < 4.78 is 33.5. The third kappa shape index (κ3) is 5.76. The normalized spacial score (nSPS) is 15.4. The Bertz CT molecular complexity index is 722. The molecule has 0 heterocycles. The van der Waals surface area contributed by atoms with Crippen molar-refractivity contribution in [2.24, 2.45) is 0 Å². The standard InChI is InChI=1S/C23H29F2NO.ClH/c1-16-7-5-8-17(2)23(16)18(13-26-19-9-3-4-10-19)14-27-15-20-21(24)11-6-12-22(20)25;/h5-8,11-12,18-19,26H,3-4,9-10,13-15H2,1-2H3;1H. The fraction of sp³-hybridized carbons (Fsp3) is 0.478. The molecule has 1 fully saturated rings. The maximum atomic E-state index is 13.8. The molecule has 1 aliphatic carbocycles. The summed E-state index contributed by atoms with van der Waals surface area (Å²) in [5.74, 6) is -0.952. The molecule has 154 valence electrons. The Hall–Kier alpha value is -1.49. The van der Waals surface area contributed by atoms with Crippen molar-refractivity contribution in [3.05, 3.63) is 70.3 Å². The van der Waals surface area contributed by atoms with E-state index in [1.165, 1.54) is 60.6 Å². The van der Waals surface area contributed by atoms with E-state index in [1.807, 2.05) is 0 Å². The second-order valence-corrected chi connectivity index (χ2v) is 7.61. The van der Waals surface area contributed by atoms with Crippen molar-refractivity contribution in [3.63, 3.8) is 0 Å². The molecule has 0 bridgehead atoms. The SMILES string of the molecule is Cc1cccc(C)c1C(CNC1CCCC1)COCc1c(F)cccc1F.Cl. The van der Waals surface area contributed by atoms with Crippen LogP contribution in [0.4, 0.5) is 8.78 Å². The fourth-order valence-electron chi connectivity index (χ4n) is 4.13. The summed E-state index contributed by atoms with van der Waals surface area (Å²) in [7, 11) is 0. The Kier molecular flexibility index (Phi) is 8.87. The van der Waals surface area contributed by atoms with E-state index in [0.29, 0.717) is 12.6 Å². The van der Waals surface area contributed by atoms with Gasteiger partial charge in [-0.3, -0.25) is 0 Å². The van der Waals surface area contributed by atoms with Crippen molar-refractivity contribution in [2.75, 3.05) is 13.2 Å². The van der Waals surface area contributed by atoms with Gasteiger partial charge in [0.1, 0.15) is 11.6 Å². The fourth-order valence-corrected chi connectivity index (χ4v) is 4.13. The smallest absolute Gasteiger partial charge is 0.131 e. The molecule has 0 amide bonds. The third-order valence-corrected chi connectivity index (χ3v) is 5.59. The minimum absolute atomic E-state index is 0. The molecule has 5 heteroatoms. The van der Waals surface area contributed by atoms with Gasteiger partial charge in [-0.05, 0) is 55.5 Å². The maximum Gasteiger partial charge on any atom is 0.131 e. The van der Waals surface area contributed by atoms with Crippen LogP contribution in [0.5, 0.6) is 0 Å². The van der Waals surface area contributed by atoms with Crippen LogP contribution < -0.4 is 5.32 Å². The maximum absolute atomic E-state index is 13.8. The number of hydrogen-bond acceptors (Lipinski definition) is 2. The lowest BCUT2D eigenvalue weighted by atomic mass is 9.91. The van der Waals surface area contributed by atoms with Gasteiger partial charge in [0.25, 0.3) is 0 Å². The van der Waals surface area contributed by atoms with Crippen molar-refractivity contribution in [1.29, 1.82) is 0 Å². The van der Waals surface area contributed by atoms with Crippen LogP contribution in [-0.4, -0.2) is 19.2 Å². The first kappa shape index (κ1) is 22.8. The van der Waals surface area contributed by atoms with Crippen LogP contribution in [0.25, 0.3) is 0 Å². The largest absolute Gasteiger partial charge is 0.376 e. The van der Waals surface area contributed by atoms with Gasteiger partial charge in [0.05, 0.1) is 13.2 Å². The quantitative estimate of drug-likeness (QED) is 0.591. The highest BCUT2D eigenvalue weighted by molar-refractivity contribution is 5.85. The van der Waals surface area contributed by atoms with E-state index < -0.39 is 11.6 Å². The van der Waals surface area contributed by atoms with Crippen LogP contribution in [0.3, 0.4) is 0 Å². The van der Waals surface area contributed by atoms with Crippen LogP contribution in [0.2, 0.25) is 0 Å². The lowest BCUT2D eigenvalue weighted by Gasteiger charge is -2.24. The Morgan fingerprint density at radius 3 is 2.18 bits per heavy atom. The summed E-state index contributed by atoms with van der Waals surface area (Å²) in [6, 6.07) is 10.8. The van der Waals surface area contributed by atoms with Gasteiger partial charge in [0, 0.05) is 24.1 Å². The van der Waals surface area contributed by atoms with Gasteiger partial charge >= 0.3 is 0 Å². The molecule has 1 atom stereocenters. The molecule has 0 spiro atoms. The van der Waals surface area contributed by atoms with Crippen molar-refractivity contribution in [2.45, 2.75) is 58.1 Å². The predicted molar refractivity (Wildman–Crippen MR) is 112 cm³/mol. The molecule has 2 aromatic carbocycles. The second-order valence-electron chi connectivity index (χ2n) is 7.61. The number of halogens is 3. The number of aryl methyl sites for hydroxylation is 2. The zero-order chi connectivity index (χ0) is 19.2. The van der Waals surface area contributed by atoms with Gasteiger partial charge in [0.2, 0.25) is 0 Å². The van der Waals surface area contributed by atoms with Crippen molar-refractivity contribution >= 4 is 12.4 Å². The minimum atomic E-state index is -0.553. The Morgan fingerprint density at radius 1 is 1.00 bits per heavy atom. The molecule has 28 heavy (non-hydrogen) atoms. The van der Waals surface area contributed by atoms with E-state index >= 15 is 0 Å². The highest BCUT2D eigenvalue weighted by Crippen LogP contribution is 2.26. The zero-order valence-electron chi connectivity index (χ0n) is 16.6. The number of ether oxygens (including phenoxy) is 1. The van der Waals surface area contributed by atoms with Crippen LogP contribution in [0.1, 0.15) is 53.9 Å². The molecule has 1 saturated carbocycles. The third-order valence-electron chi connectivity index (χ3n) is 5.59. The number of hydrogen-bond donors (Lipinski definition) is 1. The number of rotatable bonds is 8. The van der Waals surface area contributed by atoms with Crippen LogP contribution >= 0.6 is 12.4 Å². The molecule has 1 aliphatic rings. The van der Waals surface area contributed by atoms with Gasteiger partial charge < -0.3 is 10.1 Å². The highest BCUT2D eigenvalue weighted by atomic mass is 35.5. The second kappa shape index (κ2) is 10.9. The van der Waals surface area contributed by atoms with Crippen molar-refractivity contribution < 1.29 is 13.5 Å². The predicted octanol–water partition coefficient (Wildman–Crippen LogP) is 5.84. The molecule has 0 radical (unpaired) electrons. The summed E-state index contributed by atoms with van der Waals surface area (Å²) in [4.78, 5) is 0. The lowest BCUT2D eigenvalue weighted by molar-refractivity contribution is 0.101. The van der Waals surface area contributed by atoms with E-state index in [1.54, 1.807) is 0 Å². The Balaban J connectivity index is 0.00000280. The summed E-state index contributed by atoms with van der Waals surface area (Å²) in [6.07, 6.45) is 5.02. The average molecular weight is 410 g/mol. The lowest BCUT2D eigenvalue weighted by Crippen LogP contribution is -2.32. The number of nitrogens with one attached hydrogen (secondary N) is 1. The van der Waals surface area contributed by atoms with Crippen molar-refractivity contribution in [1.82, 2.24) is 5.32 Å². The van der Waals surface area contributed by atoms with Gasteiger partial charge in [0.15, 0.2) is 0 Å². The van der Waals surface area contributed by atoms with Crippen LogP contribution in [-0.2, 0) is 11.3 Å². The molecule has 2 nitrogen and oxygen atoms in total. The molecule has 3 rings (SSSR count). The zero-order valence-corrected chi connectivity index (χ0v) is 17.5. The summed E-state index contributed by atoms with van der Waals surface area (Å²) >= 11 is 0. The van der Waals surface area contributed by atoms with E-state index in [-0.39, 0.29) is 30.5 Å². The minimum Gasteiger partial charge on any atom is -0.376 e. The van der Waals surface area contributed by atoms with E-state index in [4.69, 9.17) is 4.74 Å². The Labute approximate surface area is 173 Å². The summed E-state index contributed by atoms with van der Waals surface area (Å²) in [5, 5.41) is 3.68. The summed E-state index contributed by atoms with van der Waals surface area (Å²) in [5.41, 5.74) is 3.74. The molecule has 0 saturated heterocycles. The average Bonchev–Trinajstić information content (AvgIpc) is 3.15. The summed E-state index contributed by atoms with van der Waals surface area (Å²) in [6.45, 7) is 5.42.